The van der Waals surface area contributed by atoms with Crippen LogP contribution >= 0.6 is 12.2 Å². The molecule has 98 valence electrons. The maximum absolute atomic E-state index is 11.3. The van der Waals surface area contributed by atoms with Crippen molar-refractivity contribution >= 4 is 23.4 Å². The van der Waals surface area contributed by atoms with E-state index in [1.807, 2.05) is 13.8 Å². The highest BCUT2D eigenvalue weighted by molar-refractivity contribution is 7.80. The molecule has 1 unspecified atom stereocenters. The summed E-state index contributed by atoms with van der Waals surface area (Å²) in [5.74, 6) is 0.314. The summed E-state index contributed by atoms with van der Waals surface area (Å²) >= 11 is 4.97. The van der Waals surface area contributed by atoms with E-state index in [2.05, 4.69) is 10.6 Å². The number of carbonyl (C=O) groups excluding carboxylic acids is 1. The Morgan fingerprint density at radius 2 is 2.35 bits per heavy atom. The standard InChI is InChI=1S/C11H20N2O3S/c1-8(2)7-16-11(14)13-10(17)12-6-9-4-3-5-15-9/h8-9H,3-7H2,1-2H3,(H2,12,13,14,17). The molecule has 0 radical (unpaired) electrons. The van der Waals surface area contributed by atoms with Crippen LogP contribution < -0.4 is 10.6 Å². The summed E-state index contributed by atoms with van der Waals surface area (Å²) < 4.78 is 10.4. The molecule has 6 heteroatoms. The van der Waals surface area contributed by atoms with E-state index in [9.17, 15) is 4.79 Å². The topological polar surface area (TPSA) is 59.6 Å². The van der Waals surface area contributed by atoms with Crippen LogP contribution in [0.3, 0.4) is 0 Å². The van der Waals surface area contributed by atoms with E-state index < -0.39 is 6.09 Å². The van der Waals surface area contributed by atoms with E-state index in [0.29, 0.717) is 19.1 Å². The van der Waals surface area contributed by atoms with Crippen LogP contribution in [0.1, 0.15) is 26.7 Å². The molecule has 0 aromatic rings. The summed E-state index contributed by atoms with van der Waals surface area (Å²) in [7, 11) is 0. The number of hydrogen-bond donors (Lipinski definition) is 2. The van der Waals surface area contributed by atoms with Crippen LogP contribution in [-0.2, 0) is 9.47 Å². The van der Waals surface area contributed by atoms with Crippen molar-refractivity contribution in [2.24, 2.45) is 5.92 Å². The maximum atomic E-state index is 11.3. The normalized spacial score (nSPS) is 19.1. The van der Waals surface area contributed by atoms with Gasteiger partial charge in [-0.05, 0) is 31.0 Å². The first-order valence-corrected chi connectivity index (χ1v) is 6.32. The third kappa shape index (κ3) is 6.43. The zero-order chi connectivity index (χ0) is 12.7. The molecule has 1 aliphatic heterocycles. The number of ether oxygens (including phenoxy) is 2. The minimum atomic E-state index is -0.511. The van der Waals surface area contributed by atoms with E-state index in [4.69, 9.17) is 21.7 Å². The van der Waals surface area contributed by atoms with Gasteiger partial charge in [-0.25, -0.2) is 4.79 Å². The summed E-state index contributed by atoms with van der Waals surface area (Å²) in [5.41, 5.74) is 0. The summed E-state index contributed by atoms with van der Waals surface area (Å²) in [5, 5.41) is 5.69. The highest BCUT2D eigenvalue weighted by atomic mass is 32.1. The van der Waals surface area contributed by atoms with Crippen LogP contribution in [0.5, 0.6) is 0 Å². The predicted molar refractivity (Wildman–Crippen MR) is 68.9 cm³/mol. The van der Waals surface area contributed by atoms with Gasteiger partial charge in [-0.1, -0.05) is 13.8 Å². The van der Waals surface area contributed by atoms with Gasteiger partial charge in [0.2, 0.25) is 0 Å². The molecular formula is C11H20N2O3S. The molecule has 0 bridgehead atoms. The van der Waals surface area contributed by atoms with Crippen LogP contribution in [0.4, 0.5) is 4.79 Å². The SMILES string of the molecule is CC(C)COC(=O)NC(=S)NCC1CCCO1. The quantitative estimate of drug-likeness (QED) is 0.749. The van der Waals surface area contributed by atoms with Crippen LogP contribution in [0.2, 0.25) is 0 Å². The van der Waals surface area contributed by atoms with Gasteiger partial charge in [-0.2, -0.15) is 0 Å². The van der Waals surface area contributed by atoms with Crippen molar-refractivity contribution in [1.29, 1.82) is 0 Å². The number of thiocarbonyl (C=S) groups is 1. The van der Waals surface area contributed by atoms with Crippen LogP contribution in [-0.4, -0.2) is 37.1 Å². The zero-order valence-corrected chi connectivity index (χ0v) is 11.1. The molecule has 1 fully saturated rings. The first-order chi connectivity index (χ1) is 8.08. The molecule has 5 nitrogen and oxygen atoms in total. The molecule has 1 atom stereocenters. The van der Waals surface area contributed by atoms with E-state index in [1.54, 1.807) is 0 Å². The Hall–Kier alpha value is -0.880. The summed E-state index contributed by atoms with van der Waals surface area (Å²) in [6.45, 7) is 5.77. The first kappa shape index (κ1) is 14.2. The fourth-order valence-corrected chi connectivity index (χ4v) is 1.59. The van der Waals surface area contributed by atoms with E-state index in [-0.39, 0.29) is 11.2 Å². The van der Waals surface area contributed by atoms with Crippen LogP contribution in [0.15, 0.2) is 0 Å². The maximum Gasteiger partial charge on any atom is 0.413 e. The summed E-state index contributed by atoms with van der Waals surface area (Å²) in [6, 6.07) is 0. The van der Waals surface area contributed by atoms with Gasteiger partial charge in [0.15, 0.2) is 5.11 Å². The van der Waals surface area contributed by atoms with Crippen molar-refractivity contribution in [3.8, 4) is 0 Å². The Labute approximate surface area is 107 Å². The number of rotatable bonds is 4. The molecular weight excluding hydrogens is 240 g/mol. The molecule has 1 heterocycles. The van der Waals surface area contributed by atoms with E-state index in [1.165, 1.54) is 0 Å². The Bertz CT molecular complexity index is 265. The molecule has 1 saturated heterocycles. The minimum absolute atomic E-state index is 0.196. The van der Waals surface area contributed by atoms with E-state index in [0.717, 1.165) is 19.4 Å². The van der Waals surface area contributed by atoms with Crippen molar-refractivity contribution in [2.45, 2.75) is 32.8 Å². The number of amides is 1. The summed E-state index contributed by atoms with van der Waals surface area (Å²) in [6.07, 6.45) is 1.81. The second-order valence-electron chi connectivity index (χ2n) is 4.46. The molecule has 1 amide bonds. The van der Waals surface area contributed by atoms with Crippen molar-refractivity contribution in [3.05, 3.63) is 0 Å². The number of nitrogens with one attached hydrogen (secondary N) is 2. The average molecular weight is 260 g/mol. The molecule has 1 aliphatic rings. The highest BCUT2D eigenvalue weighted by Crippen LogP contribution is 2.10. The fourth-order valence-electron chi connectivity index (χ4n) is 1.43. The van der Waals surface area contributed by atoms with Crippen molar-refractivity contribution in [1.82, 2.24) is 10.6 Å². The van der Waals surface area contributed by atoms with Gasteiger partial charge in [0.25, 0.3) is 0 Å². The lowest BCUT2D eigenvalue weighted by atomic mass is 10.2. The van der Waals surface area contributed by atoms with Gasteiger partial charge in [-0.15, -0.1) is 0 Å². The molecule has 0 aromatic carbocycles. The van der Waals surface area contributed by atoms with E-state index >= 15 is 0 Å². The molecule has 17 heavy (non-hydrogen) atoms. The van der Waals surface area contributed by atoms with Gasteiger partial charge in [0.1, 0.15) is 0 Å². The van der Waals surface area contributed by atoms with Gasteiger partial charge in [-0.3, -0.25) is 5.32 Å². The Balaban J connectivity index is 2.09. The lowest BCUT2D eigenvalue weighted by Gasteiger charge is -2.13. The van der Waals surface area contributed by atoms with Crippen LogP contribution in [0.25, 0.3) is 0 Å². The molecule has 0 saturated carbocycles. The van der Waals surface area contributed by atoms with Crippen molar-refractivity contribution < 1.29 is 14.3 Å². The average Bonchev–Trinajstić information content (AvgIpc) is 2.76. The second kappa shape index (κ2) is 7.45. The number of alkyl carbamates (subject to hydrolysis) is 1. The molecule has 1 rings (SSSR count). The smallest absolute Gasteiger partial charge is 0.413 e. The third-order valence-corrected chi connectivity index (χ3v) is 2.52. The third-order valence-electron chi connectivity index (χ3n) is 2.28. The lowest BCUT2D eigenvalue weighted by Crippen LogP contribution is -2.42. The lowest BCUT2D eigenvalue weighted by molar-refractivity contribution is 0.113. The first-order valence-electron chi connectivity index (χ1n) is 5.91. The second-order valence-corrected chi connectivity index (χ2v) is 4.87. The minimum Gasteiger partial charge on any atom is -0.449 e. The van der Waals surface area contributed by atoms with Gasteiger partial charge >= 0.3 is 6.09 Å². The zero-order valence-electron chi connectivity index (χ0n) is 10.3. The predicted octanol–water partition coefficient (Wildman–Crippen LogP) is 1.42. The Morgan fingerprint density at radius 3 is 2.94 bits per heavy atom. The summed E-state index contributed by atoms with van der Waals surface area (Å²) in [4.78, 5) is 11.3. The highest BCUT2D eigenvalue weighted by Gasteiger charge is 2.15. The number of carbonyl (C=O) groups is 1. The largest absolute Gasteiger partial charge is 0.449 e. The van der Waals surface area contributed by atoms with Crippen molar-refractivity contribution in [2.75, 3.05) is 19.8 Å². The Morgan fingerprint density at radius 1 is 1.59 bits per heavy atom. The Kier molecular flexibility index (Phi) is 6.21. The number of hydrogen-bond acceptors (Lipinski definition) is 4. The van der Waals surface area contributed by atoms with Gasteiger partial charge in [0.05, 0.1) is 12.7 Å². The van der Waals surface area contributed by atoms with Crippen molar-refractivity contribution in [3.63, 3.8) is 0 Å². The van der Waals surface area contributed by atoms with Crippen LogP contribution in [0, 0.1) is 5.92 Å². The fraction of sp³-hybridized carbons (Fsp3) is 0.818. The van der Waals surface area contributed by atoms with Gasteiger partial charge in [0, 0.05) is 13.2 Å². The molecule has 0 aliphatic carbocycles. The molecule has 0 aromatic heterocycles. The monoisotopic (exact) mass is 260 g/mol. The molecule has 0 spiro atoms. The van der Waals surface area contributed by atoms with Gasteiger partial charge < -0.3 is 14.8 Å². The molecule has 2 N–H and O–H groups in total.